The standard InChI is InChI=1S/C22H36O2/c1-12-10-17-19(23)20(24)18-15-7-6-14(3)21(15,4)9-8-16(18)22(17,5)11-13(12)2/h12-13,15-20,23-24H,3,6-11H2,1-2,4-5H3/t12-,13+,15?,16?,17?,18?,19+,20+,21+,22+/m0/s1. The smallest absolute Gasteiger partial charge is 0.0835 e. The molecule has 2 nitrogen and oxygen atoms in total. The highest BCUT2D eigenvalue weighted by atomic mass is 16.3. The molecule has 0 amide bonds. The number of hydrogen-bond acceptors (Lipinski definition) is 2. The van der Waals surface area contributed by atoms with Gasteiger partial charge in [0.05, 0.1) is 12.2 Å². The number of rotatable bonds is 0. The first-order valence-corrected chi connectivity index (χ1v) is 10.2. The summed E-state index contributed by atoms with van der Waals surface area (Å²) in [6, 6.07) is 0. The Kier molecular flexibility index (Phi) is 3.80. The Bertz CT molecular complexity index is 542. The lowest BCUT2D eigenvalue weighted by Crippen LogP contribution is -2.64. The van der Waals surface area contributed by atoms with Crippen LogP contribution in [0.15, 0.2) is 12.2 Å². The van der Waals surface area contributed by atoms with Crippen molar-refractivity contribution in [1.82, 2.24) is 0 Å². The second kappa shape index (κ2) is 5.33. The molecule has 2 N–H and O–H groups in total. The summed E-state index contributed by atoms with van der Waals surface area (Å²) in [4.78, 5) is 0. The fourth-order valence-corrected chi connectivity index (χ4v) is 7.72. The lowest BCUT2D eigenvalue weighted by atomic mass is 9.42. The third-order valence-electron chi connectivity index (χ3n) is 9.50. The molecule has 4 saturated carbocycles. The Balaban J connectivity index is 1.74. The van der Waals surface area contributed by atoms with Gasteiger partial charge in [0.25, 0.3) is 0 Å². The molecule has 0 aromatic carbocycles. The zero-order chi connectivity index (χ0) is 17.4. The van der Waals surface area contributed by atoms with E-state index in [4.69, 9.17) is 0 Å². The molecule has 4 rings (SSSR count). The van der Waals surface area contributed by atoms with Crippen LogP contribution < -0.4 is 0 Å². The maximum absolute atomic E-state index is 11.1. The molecule has 0 radical (unpaired) electrons. The fraction of sp³-hybridized carbons (Fsp3) is 0.909. The van der Waals surface area contributed by atoms with Gasteiger partial charge >= 0.3 is 0 Å². The van der Waals surface area contributed by atoms with E-state index in [9.17, 15) is 10.2 Å². The van der Waals surface area contributed by atoms with Gasteiger partial charge in [-0.1, -0.05) is 39.8 Å². The molecule has 0 saturated heterocycles. The lowest BCUT2D eigenvalue weighted by Gasteiger charge is -2.64. The van der Waals surface area contributed by atoms with Crippen LogP contribution in [-0.4, -0.2) is 22.4 Å². The van der Waals surface area contributed by atoms with Gasteiger partial charge < -0.3 is 10.2 Å². The van der Waals surface area contributed by atoms with E-state index in [1.54, 1.807) is 0 Å². The normalized spacial score (nSPS) is 60.3. The molecule has 0 aromatic heterocycles. The van der Waals surface area contributed by atoms with Crippen molar-refractivity contribution in [2.75, 3.05) is 0 Å². The Morgan fingerprint density at radius 3 is 2.38 bits per heavy atom. The first kappa shape index (κ1) is 17.1. The van der Waals surface area contributed by atoms with Gasteiger partial charge in [0.1, 0.15) is 0 Å². The van der Waals surface area contributed by atoms with E-state index in [0.29, 0.717) is 17.8 Å². The van der Waals surface area contributed by atoms with Gasteiger partial charge in [-0.05, 0) is 84.9 Å². The van der Waals surface area contributed by atoms with Crippen LogP contribution in [0.1, 0.15) is 66.2 Å². The summed E-state index contributed by atoms with van der Waals surface area (Å²) in [5, 5.41) is 22.2. The van der Waals surface area contributed by atoms with Crippen molar-refractivity contribution < 1.29 is 10.2 Å². The van der Waals surface area contributed by atoms with Crippen molar-refractivity contribution in [2.24, 2.45) is 46.3 Å². The van der Waals surface area contributed by atoms with E-state index in [1.807, 2.05) is 0 Å². The number of allylic oxidation sites excluding steroid dienone is 1. The zero-order valence-electron chi connectivity index (χ0n) is 16.0. The molecule has 24 heavy (non-hydrogen) atoms. The minimum atomic E-state index is -0.539. The number of fused-ring (bicyclic) bond motifs is 5. The quantitative estimate of drug-likeness (QED) is 0.645. The number of aliphatic hydroxyl groups is 2. The first-order valence-electron chi connectivity index (χ1n) is 10.2. The van der Waals surface area contributed by atoms with E-state index < -0.39 is 12.2 Å². The molecule has 4 fully saturated rings. The molecule has 4 aliphatic carbocycles. The molecule has 0 aromatic rings. The minimum Gasteiger partial charge on any atom is -0.390 e. The predicted octanol–water partition coefficient (Wildman–Crippen LogP) is 4.41. The van der Waals surface area contributed by atoms with E-state index in [0.717, 1.165) is 25.2 Å². The summed E-state index contributed by atoms with van der Waals surface area (Å²) < 4.78 is 0. The summed E-state index contributed by atoms with van der Waals surface area (Å²) in [7, 11) is 0. The van der Waals surface area contributed by atoms with Gasteiger partial charge in [-0.25, -0.2) is 0 Å². The Hall–Kier alpha value is -0.340. The third kappa shape index (κ3) is 2.02. The monoisotopic (exact) mass is 332 g/mol. The molecule has 4 aliphatic rings. The highest BCUT2D eigenvalue weighted by molar-refractivity contribution is 5.23. The van der Waals surface area contributed by atoms with Crippen molar-refractivity contribution in [2.45, 2.75) is 78.4 Å². The Morgan fingerprint density at radius 2 is 1.67 bits per heavy atom. The summed E-state index contributed by atoms with van der Waals surface area (Å²) >= 11 is 0. The van der Waals surface area contributed by atoms with Crippen molar-refractivity contribution in [3.05, 3.63) is 12.2 Å². The van der Waals surface area contributed by atoms with Crippen LogP contribution in [0, 0.1) is 46.3 Å². The van der Waals surface area contributed by atoms with Crippen molar-refractivity contribution in [3.8, 4) is 0 Å². The zero-order valence-corrected chi connectivity index (χ0v) is 16.0. The van der Waals surface area contributed by atoms with Gasteiger partial charge in [0.15, 0.2) is 0 Å². The highest BCUT2D eigenvalue weighted by Crippen LogP contribution is 2.67. The molecule has 0 aliphatic heterocycles. The number of hydrogen-bond donors (Lipinski definition) is 2. The van der Waals surface area contributed by atoms with Gasteiger partial charge in [0.2, 0.25) is 0 Å². The predicted molar refractivity (Wildman–Crippen MR) is 97.4 cm³/mol. The summed E-state index contributed by atoms with van der Waals surface area (Å²) in [6.45, 7) is 13.9. The first-order chi connectivity index (χ1) is 11.2. The van der Waals surface area contributed by atoms with Crippen LogP contribution in [0.4, 0.5) is 0 Å². The lowest BCUT2D eigenvalue weighted by molar-refractivity contribution is -0.219. The highest BCUT2D eigenvalue weighted by Gasteiger charge is 2.64. The van der Waals surface area contributed by atoms with Crippen LogP contribution in [-0.2, 0) is 0 Å². The largest absolute Gasteiger partial charge is 0.390 e. The van der Waals surface area contributed by atoms with Gasteiger partial charge in [-0.15, -0.1) is 0 Å². The molecule has 0 heterocycles. The average Bonchev–Trinajstić information content (AvgIpc) is 2.83. The van der Waals surface area contributed by atoms with Crippen LogP contribution in [0.2, 0.25) is 0 Å². The van der Waals surface area contributed by atoms with Crippen LogP contribution in [0.5, 0.6) is 0 Å². The molecule has 4 unspecified atom stereocenters. The van der Waals surface area contributed by atoms with E-state index in [1.165, 1.54) is 24.8 Å². The van der Waals surface area contributed by atoms with E-state index >= 15 is 0 Å². The molecule has 10 atom stereocenters. The van der Waals surface area contributed by atoms with Gasteiger partial charge in [-0.3, -0.25) is 0 Å². The van der Waals surface area contributed by atoms with Crippen molar-refractivity contribution in [3.63, 3.8) is 0 Å². The second-order valence-electron chi connectivity index (χ2n) is 10.4. The maximum atomic E-state index is 11.1. The molecular formula is C22H36O2. The van der Waals surface area contributed by atoms with Crippen LogP contribution in [0.3, 0.4) is 0 Å². The molecule has 2 heteroatoms. The van der Waals surface area contributed by atoms with E-state index in [2.05, 4.69) is 34.3 Å². The van der Waals surface area contributed by atoms with Crippen LogP contribution in [0.25, 0.3) is 0 Å². The number of aliphatic hydroxyl groups excluding tert-OH is 2. The molecular weight excluding hydrogens is 296 g/mol. The van der Waals surface area contributed by atoms with E-state index in [-0.39, 0.29) is 22.7 Å². The van der Waals surface area contributed by atoms with Crippen molar-refractivity contribution >= 4 is 0 Å². The maximum Gasteiger partial charge on any atom is 0.0835 e. The van der Waals surface area contributed by atoms with Gasteiger partial charge in [0, 0.05) is 0 Å². The minimum absolute atomic E-state index is 0.193. The third-order valence-corrected chi connectivity index (χ3v) is 9.50. The average molecular weight is 333 g/mol. The summed E-state index contributed by atoms with van der Waals surface area (Å²) in [5.74, 6) is 3.00. The Labute approximate surface area is 147 Å². The molecule has 0 bridgehead atoms. The second-order valence-corrected chi connectivity index (χ2v) is 10.4. The molecule has 0 spiro atoms. The molecule has 136 valence electrons. The SMILES string of the molecule is C=C1CCC2C3C(CC[C@]12C)[C@@]1(C)C[C@@H](C)[C@@H](C)CC1[C@@H](O)[C@@H]3O. The summed E-state index contributed by atoms with van der Waals surface area (Å²) in [6.07, 6.45) is 5.92. The van der Waals surface area contributed by atoms with Crippen molar-refractivity contribution in [1.29, 1.82) is 0 Å². The Morgan fingerprint density at radius 1 is 0.958 bits per heavy atom. The topological polar surface area (TPSA) is 40.5 Å². The van der Waals surface area contributed by atoms with Crippen LogP contribution >= 0.6 is 0 Å². The fourth-order valence-electron chi connectivity index (χ4n) is 7.72. The van der Waals surface area contributed by atoms with Gasteiger partial charge in [-0.2, -0.15) is 0 Å². The summed E-state index contributed by atoms with van der Waals surface area (Å²) in [5.41, 5.74) is 1.78.